The van der Waals surface area contributed by atoms with Crippen LogP contribution in [-0.4, -0.2) is 74.7 Å². The van der Waals surface area contributed by atoms with Crippen LogP contribution in [0.5, 0.6) is 5.75 Å². The molecule has 1 saturated heterocycles. The highest BCUT2D eigenvalue weighted by Crippen LogP contribution is 2.20. The predicted octanol–water partition coefficient (Wildman–Crippen LogP) is 6.07. The first-order valence-corrected chi connectivity index (χ1v) is 18.1. The number of amides is 2. The van der Waals surface area contributed by atoms with E-state index >= 15 is 0 Å². The third kappa shape index (κ3) is 16.1. The molecule has 2 aliphatic heterocycles. The quantitative estimate of drug-likeness (QED) is 0.309. The number of hydrogen-bond acceptors (Lipinski definition) is 6. The molecule has 1 fully saturated rings. The Hall–Kier alpha value is -3.43. The molecule has 0 aliphatic carbocycles. The highest BCUT2D eigenvalue weighted by molar-refractivity contribution is 5.88. The number of carbonyl (C=O) groups is 2. The van der Waals surface area contributed by atoms with Crippen molar-refractivity contribution >= 4 is 11.8 Å². The smallest absolute Gasteiger partial charge is 0.243 e. The molecule has 48 heavy (non-hydrogen) atoms. The highest BCUT2D eigenvalue weighted by atomic mass is 19.1. The van der Waals surface area contributed by atoms with Crippen LogP contribution in [0.2, 0.25) is 0 Å². The van der Waals surface area contributed by atoms with Gasteiger partial charge in [0, 0.05) is 31.4 Å². The number of para-hydroxylation sites is 1. The number of carbonyl (C=O) groups excluding carboxylic acids is 2. The molecule has 2 aromatic carbocycles. The maximum absolute atomic E-state index is 13.0. The average molecular weight is 668 g/mol. The van der Waals surface area contributed by atoms with Gasteiger partial charge in [-0.15, -0.1) is 0 Å². The average Bonchev–Trinajstić information content (AvgIpc) is 3.58. The van der Waals surface area contributed by atoms with E-state index in [-0.39, 0.29) is 30.2 Å². The molecular weight excluding hydrogens is 605 g/mol. The van der Waals surface area contributed by atoms with Crippen molar-refractivity contribution in [2.24, 2.45) is 0 Å². The molecule has 0 spiro atoms. The number of nitrogens with zero attached hydrogens (tertiary/aromatic N) is 1. The molecule has 0 bridgehead atoms. The third-order valence-electron chi connectivity index (χ3n) is 7.97. The molecule has 2 atom stereocenters. The number of hydrogen-bond donors (Lipinski definition) is 4. The van der Waals surface area contributed by atoms with Crippen LogP contribution < -0.4 is 26.0 Å². The van der Waals surface area contributed by atoms with E-state index in [2.05, 4.69) is 72.9 Å². The summed E-state index contributed by atoms with van der Waals surface area (Å²) in [6.45, 7) is 16.7. The molecule has 2 heterocycles. The molecule has 0 radical (unpaired) electrons. The van der Waals surface area contributed by atoms with Crippen LogP contribution in [0.3, 0.4) is 0 Å². The number of rotatable bonds is 5. The molecule has 2 amide bonds. The van der Waals surface area contributed by atoms with Gasteiger partial charge in [-0.25, -0.2) is 4.39 Å². The van der Waals surface area contributed by atoms with E-state index in [0.717, 1.165) is 86.2 Å². The first kappa shape index (κ1) is 40.7. The lowest BCUT2D eigenvalue weighted by molar-refractivity contribution is -0.129. The van der Waals surface area contributed by atoms with Crippen molar-refractivity contribution in [1.82, 2.24) is 26.2 Å². The van der Waals surface area contributed by atoms with Gasteiger partial charge in [-0.2, -0.15) is 0 Å². The minimum Gasteiger partial charge on any atom is -0.492 e. The Balaban J connectivity index is 0.000000476. The lowest BCUT2D eigenvalue weighted by Gasteiger charge is -2.24. The summed E-state index contributed by atoms with van der Waals surface area (Å²) in [4.78, 5) is 27.9. The van der Waals surface area contributed by atoms with Gasteiger partial charge in [0.1, 0.15) is 24.2 Å². The van der Waals surface area contributed by atoms with E-state index in [1.807, 2.05) is 37.3 Å². The first-order chi connectivity index (χ1) is 23.2. The molecule has 2 aliphatic rings. The number of aryl methyl sites for hydroxylation is 3. The van der Waals surface area contributed by atoms with Crippen molar-refractivity contribution < 1.29 is 18.7 Å². The molecule has 4 N–H and O–H groups in total. The molecular formula is C39H62FN5O3. The number of allylic oxidation sites excluding steroid dienone is 1. The van der Waals surface area contributed by atoms with Gasteiger partial charge >= 0.3 is 0 Å². The number of benzene rings is 2. The molecule has 268 valence electrons. The van der Waals surface area contributed by atoms with E-state index in [4.69, 9.17) is 4.74 Å². The van der Waals surface area contributed by atoms with Crippen molar-refractivity contribution in [3.63, 3.8) is 0 Å². The Bertz CT molecular complexity index is 1250. The molecule has 9 heteroatoms. The topological polar surface area (TPSA) is 94.7 Å². The molecule has 2 aromatic rings. The largest absolute Gasteiger partial charge is 0.492 e. The number of fused-ring (bicyclic) bond motifs is 1. The Labute approximate surface area is 289 Å². The minimum atomic E-state index is -0.557. The van der Waals surface area contributed by atoms with Gasteiger partial charge in [0.05, 0.1) is 6.54 Å². The van der Waals surface area contributed by atoms with Crippen LogP contribution in [0.4, 0.5) is 4.39 Å². The predicted molar refractivity (Wildman–Crippen MR) is 196 cm³/mol. The van der Waals surface area contributed by atoms with Crippen LogP contribution >= 0.6 is 0 Å². The monoisotopic (exact) mass is 667 g/mol. The van der Waals surface area contributed by atoms with E-state index in [1.54, 1.807) is 6.07 Å². The van der Waals surface area contributed by atoms with Crippen LogP contribution in [-0.2, 0) is 22.4 Å². The lowest BCUT2D eigenvalue weighted by Crippen LogP contribution is -2.54. The Morgan fingerprint density at radius 1 is 0.979 bits per heavy atom. The van der Waals surface area contributed by atoms with Crippen molar-refractivity contribution in [3.05, 3.63) is 76.7 Å². The normalized spacial score (nSPS) is 20.6. The fourth-order valence-electron chi connectivity index (χ4n) is 5.46. The second kappa shape index (κ2) is 23.8. The van der Waals surface area contributed by atoms with Crippen LogP contribution in [0.15, 0.2) is 54.2 Å². The fraction of sp³-hybridized carbons (Fsp3) is 0.590. The summed E-state index contributed by atoms with van der Waals surface area (Å²) in [5.41, 5.74) is 3.92. The molecule has 4 rings (SSSR count). The van der Waals surface area contributed by atoms with E-state index in [9.17, 15) is 14.0 Å². The molecule has 0 saturated carbocycles. The standard InChI is InChI=1S/C26H41N5O3.C10H13F.C3H8/c1-3-9-22-16-28-20(2)19-34-24-12-5-4-10-21(24)11-8-13-27-26(33)23(30-25(32)17-29-22)18-31-14-6-7-15-31;1-3-4-9-6-5-8(2)7-10(9)11;1-3-2/h4-5,9-10,12,20,23,28-29H,3,6-8,11,13-19H2,1-2H3,(H,27,33)(H,30,32);5-7H,3-4H2,1-2H3;3H2,1-2H3/b22-9-;;/t20-,23?;;/m0../s1. The summed E-state index contributed by atoms with van der Waals surface area (Å²) in [5, 5.41) is 12.7. The van der Waals surface area contributed by atoms with Gasteiger partial charge in [-0.1, -0.05) is 76.9 Å². The fourth-order valence-corrected chi connectivity index (χ4v) is 5.46. The summed E-state index contributed by atoms with van der Waals surface area (Å²) < 4.78 is 19.1. The number of halogens is 1. The van der Waals surface area contributed by atoms with Gasteiger partial charge < -0.3 is 30.9 Å². The van der Waals surface area contributed by atoms with E-state index in [0.29, 0.717) is 26.2 Å². The summed E-state index contributed by atoms with van der Waals surface area (Å²) in [6.07, 6.45) is 9.93. The molecule has 8 nitrogen and oxygen atoms in total. The van der Waals surface area contributed by atoms with Gasteiger partial charge in [0.2, 0.25) is 11.8 Å². The zero-order valence-electron chi connectivity index (χ0n) is 30.4. The maximum Gasteiger partial charge on any atom is 0.243 e. The van der Waals surface area contributed by atoms with Crippen LogP contribution in [0, 0.1) is 12.7 Å². The SMILES string of the molecule is CC/C=C1/CN[C@@H](C)COc2ccccc2CCCNC(=O)C(CN2CCCC2)NC(=O)CN1.CCC.CCCc1ccc(C)cc1F. The first-order valence-electron chi connectivity index (χ1n) is 18.1. The van der Waals surface area contributed by atoms with Crippen LogP contribution in [0.25, 0.3) is 0 Å². The Morgan fingerprint density at radius 2 is 1.71 bits per heavy atom. The Kier molecular flexibility index (Phi) is 20.2. The van der Waals surface area contributed by atoms with Crippen molar-refractivity contribution in [2.45, 2.75) is 105 Å². The van der Waals surface area contributed by atoms with Gasteiger partial charge in [0.15, 0.2) is 0 Å². The van der Waals surface area contributed by atoms with Gasteiger partial charge in [-0.05, 0) is 94.3 Å². The lowest BCUT2D eigenvalue weighted by atomic mass is 10.1. The van der Waals surface area contributed by atoms with Gasteiger partial charge in [-0.3, -0.25) is 9.59 Å². The zero-order valence-corrected chi connectivity index (χ0v) is 30.4. The second-order valence-corrected chi connectivity index (χ2v) is 12.8. The number of likely N-dealkylation sites (tertiary alicyclic amines) is 1. The van der Waals surface area contributed by atoms with Gasteiger partial charge in [0.25, 0.3) is 0 Å². The summed E-state index contributed by atoms with van der Waals surface area (Å²) in [7, 11) is 0. The molecule has 0 aromatic heterocycles. The summed E-state index contributed by atoms with van der Waals surface area (Å²) >= 11 is 0. The van der Waals surface area contributed by atoms with E-state index in [1.165, 1.54) is 6.42 Å². The van der Waals surface area contributed by atoms with Crippen LogP contribution in [0.1, 0.15) is 89.8 Å². The highest BCUT2D eigenvalue weighted by Gasteiger charge is 2.25. The van der Waals surface area contributed by atoms with Crippen molar-refractivity contribution in [3.8, 4) is 5.75 Å². The number of ether oxygens (including phenoxy) is 1. The van der Waals surface area contributed by atoms with Crippen molar-refractivity contribution in [1.29, 1.82) is 0 Å². The van der Waals surface area contributed by atoms with Crippen molar-refractivity contribution in [2.75, 3.05) is 45.9 Å². The summed E-state index contributed by atoms with van der Waals surface area (Å²) in [6, 6.07) is 13.1. The second-order valence-electron chi connectivity index (χ2n) is 12.8. The number of nitrogens with one attached hydrogen (secondary N) is 4. The Morgan fingerprint density at radius 3 is 2.40 bits per heavy atom. The third-order valence-corrected chi connectivity index (χ3v) is 7.97. The molecule has 1 unspecified atom stereocenters. The van der Waals surface area contributed by atoms with E-state index < -0.39 is 6.04 Å². The minimum absolute atomic E-state index is 0.0631. The summed E-state index contributed by atoms with van der Waals surface area (Å²) in [5.74, 6) is 0.538. The zero-order chi connectivity index (χ0) is 35.1. The maximum atomic E-state index is 13.0.